The first-order chi connectivity index (χ1) is 15.1. The molecule has 31 heavy (non-hydrogen) atoms. The van der Waals surface area contributed by atoms with Crippen LogP contribution in [0.1, 0.15) is 25.1 Å². The zero-order chi connectivity index (χ0) is 20.7. The van der Waals surface area contributed by atoms with Crippen LogP contribution in [0, 0.1) is 0 Å². The lowest BCUT2D eigenvalue weighted by atomic mass is 9.86. The molecule has 0 aliphatic heterocycles. The van der Waals surface area contributed by atoms with Crippen LogP contribution in [0.25, 0.3) is 49.8 Å². The fourth-order valence-electron chi connectivity index (χ4n) is 5.43. The van der Waals surface area contributed by atoms with Crippen LogP contribution in [0.15, 0.2) is 89.5 Å². The number of pyridine rings is 1. The number of hydrogen-bond acceptors (Lipinski definition) is 2. The summed E-state index contributed by atoms with van der Waals surface area (Å²) >= 11 is 0. The van der Waals surface area contributed by atoms with Crippen LogP contribution < -0.4 is 0 Å². The largest absolute Gasteiger partial charge is 0.456 e. The van der Waals surface area contributed by atoms with Crippen LogP contribution in [0.5, 0.6) is 0 Å². The van der Waals surface area contributed by atoms with Gasteiger partial charge < -0.3 is 8.98 Å². The maximum atomic E-state index is 6.08. The van der Waals surface area contributed by atoms with Gasteiger partial charge in [0.15, 0.2) is 0 Å². The number of benzene rings is 3. The van der Waals surface area contributed by atoms with Crippen LogP contribution in [0.4, 0.5) is 0 Å². The van der Waals surface area contributed by atoms with Crippen LogP contribution in [0.2, 0.25) is 0 Å². The van der Waals surface area contributed by atoms with Gasteiger partial charge in [-0.3, -0.25) is 4.98 Å². The Labute approximate surface area is 179 Å². The first kappa shape index (κ1) is 16.9. The van der Waals surface area contributed by atoms with Crippen molar-refractivity contribution in [1.29, 1.82) is 0 Å². The number of hydrogen-bond donors (Lipinski definition) is 0. The molecule has 0 fully saturated rings. The van der Waals surface area contributed by atoms with Crippen molar-refractivity contribution in [3.8, 4) is 16.9 Å². The second-order valence-electron chi connectivity index (χ2n) is 8.88. The first-order valence-corrected chi connectivity index (χ1v) is 10.7. The summed E-state index contributed by atoms with van der Waals surface area (Å²) in [5, 5.41) is 3.54. The minimum Gasteiger partial charge on any atom is -0.456 e. The van der Waals surface area contributed by atoms with E-state index in [-0.39, 0.29) is 5.41 Å². The molecule has 0 N–H and O–H groups in total. The van der Waals surface area contributed by atoms with E-state index in [9.17, 15) is 0 Å². The zero-order valence-electron chi connectivity index (χ0n) is 17.4. The van der Waals surface area contributed by atoms with E-state index in [1.54, 1.807) is 0 Å². The van der Waals surface area contributed by atoms with Gasteiger partial charge in [-0.05, 0) is 42.0 Å². The number of furan rings is 1. The van der Waals surface area contributed by atoms with Crippen molar-refractivity contribution in [3.05, 3.63) is 96.3 Å². The Kier molecular flexibility index (Phi) is 3.07. The molecule has 6 aromatic rings. The Hall–Kier alpha value is -3.85. The van der Waals surface area contributed by atoms with Gasteiger partial charge in [0, 0.05) is 44.7 Å². The molecule has 0 unspecified atom stereocenters. The molecule has 3 heterocycles. The van der Waals surface area contributed by atoms with E-state index in [0.29, 0.717) is 0 Å². The quantitative estimate of drug-likeness (QED) is 0.291. The third-order valence-corrected chi connectivity index (χ3v) is 6.80. The van der Waals surface area contributed by atoms with Gasteiger partial charge in [-0.15, -0.1) is 0 Å². The molecule has 3 nitrogen and oxygen atoms in total. The van der Waals surface area contributed by atoms with Gasteiger partial charge >= 0.3 is 0 Å². The predicted molar refractivity (Wildman–Crippen MR) is 126 cm³/mol. The number of para-hydroxylation sites is 2. The predicted octanol–water partition coefficient (Wildman–Crippen LogP) is 7.23. The smallest absolute Gasteiger partial charge is 0.135 e. The van der Waals surface area contributed by atoms with Crippen LogP contribution in [0.3, 0.4) is 0 Å². The van der Waals surface area contributed by atoms with Crippen molar-refractivity contribution in [2.75, 3.05) is 0 Å². The Morgan fingerprint density at radius 2 is 1.55 bits per heavy atom. The van der Waals surface area contributed by atoms with Gasteiger partial charge in [0.1, 0.15) is 11.2 Å². The lowest BCUT2D eigenvalue weighted by Gasteiger charge is -2.24. The molecular weight excluding hydrogens is 380 g/mol. The minimum atomic E-state index is -0.147. The number of fused-ring (bicyclic) bond motifs is 8. The SMILES string of the molecule is CC1(C)c2cccnc2-c2c1n(-c1ccc3oc4ccccc4c3c1)c1ccccc21. The highest BCUT2D eigenvalue weighted by Gasteiger charge is 2.41. The third-order valence-electron chi connectivity index (χ3n) is 6.80. The van der Waals surface area contributed by atoms with Gasteiger partial charge in [0.25, 0.3) is 0 Å². The van der Waals surface area contributed by atoms with Crippen molar-refractivity contribution >= 4 is 32.8 Å². The second-order valence-corrected chi connectivity index (χ2v) is 8.88. The molecule has 3 aromatic heterocycles. The molecule has 0 bridgehead atoms. The lowest BCUT2D eigenvalue weighted by molar-refractivity contribution is 0.622. The average Bonchev–Trinajstić information content (AvgIpc) is 3.41. The summed E-state index contributed by atoms with van der Waals surface area (Å²) in [5.74, 6) is 0. The molecule has 0 saturated carbocycles. The Bertz CT molecular complexity index is 1670. The van der Waals surface area contributed by atoms with Crippen molar-refractivity contribution in [2.24, 2.45) is 0 Å². The summed E-state index contributed by atoms with van der Waals surface area (Å²) in [4.78, 5) is 4.81. The van der Waals surface area contributed by atoms with Crippen molar-refractivity contribution in [2.45, 2.75) is 19.3 Å². The monoisotopic (exact) mass is 400 g/mol. The maximum Gasteiger partial charge on any atom is 0.135 e. The molecule has 0 amide bonds. The van der Waals surface area contributed by atoms with E-state index < -0.39 is 0 Å². The van der Waals surface area contributed by atoms with E-state index in [4.69, 9.17) is 9.40 Å². The molecule has 1 aliphatic rings. The fourth-order valence-corrected chi connectivity index (χ4v) is 5.43. The Morgan fingerprint density at radius 1 is 0.774 bits per heavy atom. The summed E-state index contributed by atoms with van der Waals surface area (Å²) < 4.78 is 8.50. The number of aromatic nitrogens is 2. The molecule has 3 aromatic carbocycles. The first-order valence-electron chi connectivity index (χ1n) is 10.7. The average molecular weight is 400 g/mol. The van der Waals surface area contributed by atoms with Gasteiger partial charge in [-0.2, -0.15) is 0 Å². The van der Waals surface area contributed by atoms with E-state index in [1.165, 1.54) is 27.7 Å². The van der Waals surface area contributed by atoms with E-state index in [1.807, 2.05) is 24.4 Å². The van der Waals surface area contributed by atoms with Crippen LogP contribution in [-0.2, 0) is 5.41 Å². The molecule has 0 atom stereocenters. The fraction of sp³-hybridized carbons (Fsp3) is 0.107. The van der Waals surface area contributed by atoms with Gasteiger partial charge in [0.2, 0.25) is 0 Å². The topological polar surface area (TPSA) is 31.0 Å². The van der Waals surface area contributed by atoms with Crippen molar-refractivity contribution in [1.82, 2.24) is 9.55 Å². The normalized spacial score (nSPS) is 14.4. The van der Waals surface area contributed by atoms with Gasteiger partial charge in [0.05, 0.1) is 11.2 Å². The molecule has 1 aliphatic carbocycles. The van der Waals surface area contributed by atoms with E-state index in [0.717, 1.165) is 33.3 Å². The van der Waals surface area contributed by atoms with Gasteiger partial charge in [-0.1, -0.05) is 56.3 Å². The third kappa shape index (κ3) is 2.05. The standard InChI is InChI=1S/C28H20N2O/c1-28(2)21-10-7-15-29-26(21)25-19-9-3-5-11-22(19)30(27(25)28)17-13-14-24-20(16-17)18-8-4-6-12-23(18)31-24/h3-16H,1-2H3. The lowest BCUT2D eigenvalue weighted by Crippen LogP contribution is -2.19. The second kappa shape index (κ2) is 5.64. The Balaban J connectivity index is 1.62. The zero-order valence-corrected chi connectivity index (χ0v) is 17.4. The highest BCUT2D eigenvalue weighted by atomic mass is 16.3. The summed E-state index contributed by atoms with van der Waals surface area (Å²) in [7, 11) is 0. The minimum absolute atomic E-state index is 0.147. The van der Waals surface area contributed by atoms with Gasteiger partial charge in [-0.25, -0.2) is 0 Å². The number of nitrogens with zero attached hydrogens (tertiary/aromatic N) is 2. The molecule has 148 valence electrons. The van der Waals surface area contributed by atoms with Crippen LogP contribution >= 0.6 is 0 Å². The van der Waals surface area contributed by atoms with E-state index in [2.05, 4.69) is 79.1 Å². The molecular formula is C28H20N2O. The summed E-state index contributed by atoms with van der Waals surface area (Å²) in [6.07, 6.45) is 1.90. The molecule has 7 rings (SSSR count). The molecule has 0 radical (unpaired) electrons. The summed E-state index contributed by atoms with van der Waals surface area (Å²) in [6, 6.07) is 27.7. The van der Waals surface area contributed by atoms with Crippen molar-refractivity contribution in [3.63, 3.8) is 0 Å². The molecule has 0 spiro atoms. The molecule has 3 heteroatoms. The molecule has 0 saturated heterocycles. The van der Waals surface area contributed by atoms with Crippen molar-refractivity contribution < 1.29 is 4.42 Å². The highest BCUT2D eigenvalue weighted by Crippen LogP contribution is 2.52. The maximum absolute atomic E-state index is 6.08. The Morgan fingerprint density at radius 3 is 2.45 bits per heavy atom. The summed E-state index contributed by atoms with van der Waals surface area (Å²) in [5.41, 5.74) is 9.01. The van der Waals surface area contributed by atoms with E-state index >= 15 is 0 Å². The summed E-state index contributed by atoms with van der Waals surface area (Å²) in [6.45, 7) is 4.61. The number of rotatable bonds is 1. The highest BCUT2D eigenvalue weighted by molar-refractivity contribution is 6.06. The van der Waals surface area contributed by atoms with Crippen LogP contribution in [-0.4, -0.2) is 9.55 Å².